The van der Waals surface area contributed by atoms with Crippen LogP contribution in [0, 0.1) is 0 Å². The summed E-state index contributed by atoms with van der Waals surface area (Å²) in [5, 5.41) is 11.4. The minimum atomic E-state index is -1.11. The van der Waals surface area contributed by atoms with Crippen molar-refractivity contribution in [2.75, 3.05) is 5.32 Å². The van der Waals surface area contributed by atoms with Gasteiger partial charge in [0.15, 0.2) is 5.43 Å². The third kappa shape index (κ3) is 2.94. The van der Waals surface area contributed by atoms with Crippen LogP contribution in [0.4, 0.5) is 5.69 Å². The predicted octanol–water partition coefficient (Wildman–Crippen LogP) is 2.09. The summed E-state index contributed by atoms with van der Waals surface area (Å²) in [5.41, 5.74) is -0.171. The summed E-state index contributed by atoms with van der Waals surface area (Å²) in [5.74, 6) is -1.72. The molecule has 3 N–H and O–H groups in total. The minimum absolute atomic E-state index is 0.0328. The number of aromatic amines is 1. The van der Waals surface area contributed by atoms with E-state index in [0.717, 1.165) is 0 Å². The number of carboxylic acids is 1. The third-order valence-electron chi connectivity index (χ3n) is 2.53. The molecule has 0 aliphatic rings. The highest BCUT2D eigenvalue weighted by Crippen LogP contribution is 2.24. The number of hydrogen-bond acceptors (Lipinski definition) is 3. The number of halogens is 1. The van der Waals surface area contributed by atoms with Crippen LogP contribution in [0.1, 0.15) is 20.7 Å². The van der Waals surface area contributed by atoms with Crippen LogP contribution in [0.2, 0.25) is 0 Å². The Morgan fingerprint density at radius 1 is 1.25 bits per heavy atom. The number of pyridine rings is 1. The molecule has 7 heteroatoms. The van der Waals surface area contributed by atoms with Crippen LogP contribution in [0.3, 0.4) is 0 Å². The van der Waals surface area contributed by atoms with Gasteiger partial charge in [-0.05, 0) is 34.1 Å². The van der Waals surface area contributed by atoms with Gasteiger partial charge in [-0.2, -0.15) is 0 Å². The number of amides is 1. The second-order valence-electron chi connectivity index (χ2n) is 3.88. The zero-order chi connectivity index (χ0) is 14.7. The molecule has 20 heavy (non-hydrogen) atoms. The molecule has 0 saturated carbocycles. The van der Waals surface area contributed by atoms with Crippen molar-refractivity contribution in [1.29, 1.82) is 0 Å². The van der Waals surface area contributed by atoms with Crippen LogP contribution in [0.25, 0.3) is 0 Å². The Bertz CT molecular complexity index is 739. The Morgan fingerprint density at radius 2 is 2.00 bits per heavy atom. The van der Waals surface area contributed by atoms with Gasteiger partial charge in [-0.25, -0.2) is 4.79 Å². The van der Waals surface area contributed by atoms with E-state index in [1.165, 1.54) is 36.7 Å². The Morgan fingerprint density at radius 3 is 2.65 bits per heavy atom. The number of carbonyl (C=O) groups excluding carboxylic acids is 1. The zero-order valence-corrected chi connectivity index (χ0v) is 11.6. The molecule has 1 aromatic carbocycles. The molecule has 2 rings (SSSR count). The third-order valence-corrected chi connectivity index (χ3v) is 3.22. The van der Waals surface area contributed by atoms with Gasteiger partial charge in [0.05, 0.1) is 11.3 Å². The van der Waals surface area contributed by atoms with E-state index in [0.29, 0.717) is 4.47 Å². The topological polar surface area (TPSA) is 99.3 Å². The Labute approximate surface area is 121 Å². The molecule has 0 unspecified atom stereocenters. The maximum atomic E-state index is 12.0. The number of carbonyl (C=O) groups is 2. The Balaban J connectivity index is 2.33. The number of aromatic nitrogens is 1. The standard InChI is InChI=1S/C13H9BrN2O4/c14-9-2-1-7(13(19)20)5-10(9)16-12(18)8-6-15-4-3-11(8)17/h1-6H,(H,15,17)(H,16,18)(H,19,20). The summed E-state index contributed by atoms with van der Waals surface area (Å²) in [6, 6.07) is 5.45. The van der Waals surface area contributed by atoms with Gasteiger partial charge in [0.2, 0.25) is 0 Å². The van der Waals surface area contributed by atoms with E-state index in [9.17, 15) is 14.4 Å². The highest BCUT2D eigenvalue weighted by Gasteiger charge is 2.13. The average molecular weight is 337 g/mol. The van der Waals surface area contributed by atoms with E-state index in [1.54, 1.807) is 0 Å². The van der Waals surface area contributed by atoms with Crippen molar-refractivity contribution in [3.8, 4) is 0 Å². The number of benzene rings is 1. The molecule has 0 atom stereocenters. The smallest absolute Gasteiger partial charge is 0.335 e. The Kier molecular flexibility index (Phi) is 3.99. The van der Waals surface area contributed by atoms with Crippen molar-refractivity contribution in [3.63, 3.8) is 0 Å². The molecule has 1 heterocycles. The fourth-order valence-electron chi connectivity index (χ4n) is 1.54. The molecular formula is C13H9BrN2O4. The molecule has 1 aromatic heterocycles. The summed E-state index contributed by atoms with van der Waals surface area (Å²) in [4.78, 5) is 37.0. The SMILES string of the molecule is O=C(O)c1ccc(Br)c(NC(=O)c2c[nH]ccc2=O)c1. The molecule has 6 nitrogen and oxygen atoms in total. The average Bonchev–Trinajstić information content (AvgIpc) is 2.41. The normalized spacial score (nSPS) is 10.1. The van der Waals surface area contributed by atoms with Gasteiger partial charge in [0.25, 0.3) is 5.91 Å². The molecule has 0 saturated heterocycles. The van der Waals surface area contributed by atoms with Crippen LogP contribution in [-0.4, -0.2) is 22.0 Å². The second kappa shape index (κ2) is 5.70. The number of rotatable bonds is 3. The van der Waals surface area contributed by atoms with Crippen molar-refractivity contribution in [3.05, 3.63) is 62.5 Å². The van der Waals surface area contributed by atoms with Crippen molar-refractivity contribution in [2.45, 2.75) is 0 Å². The molecular weight excluding hydrogens is 328 g/mol. The summed E-state index contributed by atoms with van der Waals surface area (Å²) in [7, 11) is 0. The van der Waals surface area contributed by atoms with Gasteiger partial charge in [-0.3, -0.25) is 9.59 Å². The van der Waals surface area contributed by atoms with Gasteiger partial charge in [-0.15, -0.1) is 0 Å². The maximum Gasteiger partial charge on any atom is 0.335 e. The predicted molar refractivity (Wildman–Crippen MR) is 76.1 cm³/mol. The van der Waals surface area contributed by atoms with Crippen molar-refractivity contribution >= 4 is 33.5 Å². The van der Waals surface area contributed by atoms with Gasteiger partial charge in [0.1, 0.15) is 5.56 Å². The minimum Gasteiger partial charge on any atom is -0.478 e. The summed E-state index contributed by atoms with van der Waals surface area (Å²) in [6.45, 7) is 0. The molecule has 1 amide bonds. The van der Waals surface area contributed by atoms with Crippen molar-refractivity contribution in [1.82, 2.24) is 4.98 Å². The van der Waals surface area contributed by atoms with Crippen LogP contribution in [-0.2, 0) is 0 Å². The summed E-state index contributed by atoms with van der Waals surface area (Å²) >= 11 is 3.21. The maximum absolute atomic E-state index is 12.0. The highest BCUT2D eigenvalue weighted by atomic mass is 79.9. The van der Waals surface area contributed by atoms with E-state index in [-0.39, 0.29) is 16.8 Å². The first-order valence-electron chi connectivity index (χ1n) is 5.50. The fourth-order valence-corrected chi connectivity index (χ4v) is 1.88. The molecule has 2 aromatic rings. The molecule has 0 bridgehead atoms. The van der Waals surface area contributed by atoms with E-state index >= 15 is 0 Å². The number of hydrogen-bond donors (Lipinski definition) is 3. The number of H-pyrrole nitrogens is 1. The number of anilines is 1. The van der Waals surface area contributed by atoms with Gasteiger partial charge < -0.3 is 15.4 Å². The van der Waals surface area contributed by atoms with E-state index in [2.05, 4.69) is 26.2 Å². The summed E-state index contributed by atoms with van der Waals surface area (Å²) in [6.07, 6.45) is 2.70. The van der Waals surface area contributed by atoms with Crippen LogP contribution < -0.4 is 10.7 Å². The molecule has 0 aliphatic carbocycles. The van der Waals surface area contributed by atoms with Crippen LogP contribution in [0.15, 0.2) is 45.9 Å². The highest BCUT2D eigenvalue weighted by molar-refractivity contribution is 9.10. The van der Waals surface area contributed by atoms with Crippen LogP contribution in [0.5, 0.6) is 0 Å². The van der Waals surface area contributed by atoms with E-state index in [1.807, 2.05) is 0 Å². The quantitative estimate of drug-likeness (QED) is 0.798. The first-order chi connectivity index (χ1) is 9.49. The summed E-state index contributed by atoms with van der Waals surface area (Å²) < 4.78 is 0.517. The molecule has 102 valence electrons. The van der Waals surface area contributed by atoms with E-state index in [4.69, 9.17) is 5.11 Å². The Hall–Kier alpha value is -2.41. The molecule has 0 radical (unpaired) electrons. The fraction of sp³-hybridized carbons (Fsp3) is 0. The lowest BCUT2D eigenvalue weighted by molar-refractivity contribution is 0.0696. The molecule has 0 aliphatic heterocycles. The van der Waals surface area contributed by atoms with Crippen molar-refractivity contribution < 1.29 is 14.7 Å². The van der Waals surface area contributed by atoms with Gasteiger partial charge in [-0.1, -0.05) is 0 Å². The van der Waals surface area contributed by atoms with Gasteiger partial charge >= 0.3 is 5.97 Å². The molecule has 0 fully saturated rings. The first-order valence-corrected chi connectivity index (χ1v) is 6.29. The lowest BCUT2D eigenvalue weighted by Crippen LogP contribution is -2.21. The lowest BCUT2D eigenvalue weighted by Gasteiger charge is -2.08. The number of carboxylic acid groups (broad SMARTS) is 1. The van der Waals surface area contributed by atoms with Crippen LogP contribution >= 0.6 is 15.9 Å². The van der Waals surface area contributed by atoms with E-state index < -0.39 is 17.3 Å². The van der Waals surface area contributed by atoms with Crippen molar-refractivity contribution in [2.24, 2.45) is 0 Å². The number of nitrogens with one attached hydrogen (secondary N) is 2. The zero-order valence-electron chi connectivity index (χ0n) is 10.0. The second-order valence-corrected chi connectivity index (χ2v) is 4.73. The molecule has 0 spiro atoms. The lowest BCUT2D eigenvalue weighted by atomic mass is 10.2. The monoisotopic (exact) mass is 336 g/mol. The largest absolute Gasteiger partial charge is 0.478 e. The first kappa shape index (κ1) is 14.0. The number of aromatic carboxylic acids is 1. The van der Waals surface area contributed by atoms with Gasteiger partial charge in [0, 0.05) is 22.9 Å².